The van der Waals surface area contributed by atoms with Crippen molar-refractivity contribution < 1.29 is 19.4 Å². The number of nitrogens with zero attached hydrogens (tertiary/aromatic N) is 3. The van der Waals surface area contributed by atoms with Gasteiger partial charge in [0.05, 0.1) is 31.9 Å². The molecule has 0 radical (unpaired) electrons. The van der Waals surface area contributed by atoms with Gasteiger partial charge in [-0.1, -0.05) is 30.3 Å². The zero-order chi connectivity index (χ0) is 24.9. The molecule has 36 heavy (non-hydrogen) atoms. The van der Waals surface area contributed by atoms with Crippen molar-refractivity contribution in [1.82, 2.24) is 9.80 Å². The van der Waals surface area contributed by atoms with Crippen LogP contribution >= 0.6 is 0 Å². The molecule has 1 amide bonds. The van der Waals surface area contributed by atoms with Crippen LogP contribution in [-0.4, -0.2) is 85.4 Å². The Morgan fingerprint density at radius 2 is 1.78 bits per heavy atom. The lowest BCUT2D eigenvalue weighted by atomic mass is 10.0. The fourth-order valence-electron chi connectivity index (χ4n) is 5.86. The smallest absolute Gasteiger partial charge is 0.237 e. The number of carbonyl (C=O) groups excluding carboxylic acids is 1. The maximum atomic E-state index is 13.4. The van der Waals surface area contributed by atoms with E-state index in [0.717, 1.165) is 62.5 Å². The van der Waals surface area contributed by atoms with Crippen molar-refractivity contribution in [2.45, 2.75) is 56.8 Å². The largest absolute Gasteiger partial charge is 0.493 e. The Balaban J connectivity index is 1.32. The average Bonchev–Trinajstić information content (AvgIpc) is 3.56. The van der Waals surface area contributed by atoms with Crippen molar-refractivity contribution in [3.05, 3.63) is 54.1 Å². The number of rotatable bonds is 8. The van der Waals surface area contributed by atoms with Crippen LogP contribution in [0.5, 0.6) is 11.5 Å². The van der Waals surface area contributed by atoms with Gasteiger partial charge in [0.1, 0.15) is 0 Å². The van der Waals surface area contributed by atoms with Crippen molar-refractivity contribution in [3.63, 3.8) is 0 Å². The van der Waals surface area contributed by atoms with Crippen LogP contribution in [0.3, 0.4) is 0 Å². The lowest BCUT2D eigenvalue weighted by molar-refractivity contribution is -0.135. The summed E-state index contributed by atoms with van der Waals surface area (Å²) in [5, 5.41) is 9.89. The number of carbonyl (C=O) groups is 1. The number of ether oxygens (including phenoxy) is 2. The van der Waals surface area contributed by atoms with E-state index in [1.54, 1.807) is 7.11 Å². The Bertz CT molecular complexity index is 1010. The molecule has 1 aliphatic carbocycles. The minimum absolute atomic E-state index is 0.0717. The van der Waals surface area contributed by atoms with E-state index in [9.17, 15) is 9.90 Å². The lowest BCUT2D eigenvalue weighted by Crippen LogP contribution is -2.57. The molecule has 2 atom stereocenters. The molecule has 1 N–H and O–H groups in total. The van der Waals surface area contributed by atoms with Gasteiger partial charge in [-0.15, -0.1) is 0 Å². The van der Waals surface area contributed by atoms with Crippen LogP contribution in [0.25, 0.3) is 0 Å². The topological polar surface area (TPSA) is 65.5 Å². The Labute approximate surface area is 214 Å². The molecular weight excluding hydrogens is 454 g/mol. The maximum Gasteiger partial charge on any atom is 0.237 e. The molecule has 2 aromatic carbocycles. The Morgan fingerprint density at radius 1 is 0.972 bits per heavy atom. The Morgan fingerprint density at radius 3 is 2.50 bits per heavy atom. The van der Waals surface area contributed by atoms with Crippen molar-refractivity contribution in [2.75, 3.05) is 51.3 Å². The normalized spacial score (nSPS) is 23.3. The Kier molecular flexibility index (Phi) is 7.97. The number of β-amino-alcohol motifs (C(OH)–C–C–N with tert-alkyl or cyclic N) is 1. The van der Waals surface area contributed by atoms with E-state index in [0.29, 0.717) is 19.6 Å². The number of hydrogen-bond acceptors (Lipinski definition) is 6. The predicted octanol–water partition coefficient (Wildman–Crippen LogP) is 3.34. The number of amides is 1. The van der Waals surface area contributed by atoms with Crippen LogP contribution < -0.4 is 14.4 Å². The third kappa shape index (κ3) is 5.95. The fourth-order valence-corrected chi connectivity index (χ4v) is 5.86. The molecule has 5 rings (SSSR count). The summed E-state index contributed by atoms with van der Waals surface area (Å²) in [4.78, 5) is 19.9. The molecule has 2 aromatic rings. The van der Waals surface area contributed by atoms with E-state index in [2.05, 4.69) is 51.1 Å². The molecule has 0 spiro atoms. The summed E-state index contributed by atoms with van der Waals surface area (Å²) >= 11 is 0. The number of piperazine rings is 1. The maximum absolute atomic E-state index is 13.4. The molecule has 7 nitrogen and oxygen atoms in total. The van der Waals surface area contributed by atoms with Crippen LogP contribution in [0.1, 0.15) is 37.7 Å². The lowest BCUT2D eigenvalue weighted by Gasteiger charge is -2.43. The van der Waals surface area contributed by atoms with Gasteiger partial charge in [-0.25, -0.2) is 0 Å². The molecule has 7 heteroatoms. The summed E-state index contributed by atoms with van der Waals surface area (Å²) in [5.41, 5.74) is 2.34. The summed E-state index contributed by atoms with van der Waals surface area (Å²) in [6.45, 7) is 3.96. The monoisotopic (exact) mass is 493 g/mol. The SMILES string of the molecule is COc1ccc(N2CCN(C(=O)CN3CCC(O)C3)C(Cc3ccccc3)C2)cc1OC1CCCC1. The van der Waals surface area contributed by atoms with Gasteiger partial charge in [0, 0.05) is 44.5 Å². The molecule has 194 valence electrons. The van der Waals surface area contributed by atoms with Crippen LogP contribution in [0.2, 0.25) is 0 Å². The number of aliphatic hydroxyl groups is 1. The third-order valence-electron chi connectivity index (χ3n) is 7.83. The van der Waals surface area contributed by atoms with Crippen molar-refractivity contribution >= 4 is 11.6 Å². The zero-order valence-electron chi connectivity index (χ0n) is 21.3. The van der Waals surface area contributed by atoms with Gasteiger partial charge < -0.3 is 24.4 Å². The van der Waals surface area contributed by atoms with Crippen LogP contribution in [-0.2, 0) is 11.2 Å². The van der Waals surface area contributed by atoms with Gasteiger partial charge in [0.2, 0.25) is 5.91 Å². The second-order valence-electron chi connectivity index (χ2n) is 10.4. The van der Waals surface area contributed by atoms with Gasteiger partial charge in [0.15, 0.2) is 11.5 Å². The number of hydrogen-bond donors (Lipinski definition) is 1. The van der Waals surface area contributed by atoms with Crippen LogP contribution in [0, 0.1) is 0 Å². The van der Waals surface area contributed by atoms with Crippen LogP contribution in [0.15, 0.2) is 48.5 Å². The van der Waals surface area contributed by atoms with Crippen molar-refractivity contribution in [2.24, 2.45) is 0 Å². The van der Waals surface area contributed by atoms with E-state index in [1.807, 2.05) is 12.1 Å². The number of methoxy groups -OCH3 is 1. The number of aliphatic hydroxyl groups excluding tert-OH is 1. The number of anilines is 1. The van der Waals surface area contributed by atoms with E-state index >= 15 is 0 Å². The third-order valence-corrected chi connectivity index (χ3v) is 7.83. The van der Waals surface area contributed by atoms with Gasteiger partial charge in [0.25, 0.3) is 0 Å². The molecule has 3 fully saturated rings. The molecule has 2 saturated heterocycles. The summed E-state index contributed by atoms with van der Waals surface area (Å²) in [5.74, 6) is 1.74. The summed E-state index contributed by atoms with van der Waals surface area (Å²) in [6.07, 6.45) is 6.15. The van der Waals surface area contributed by atoms with E-state index < -0.39 is 0 Å². The first-order valence-electron chi connectivity index (χ1n) is 13.4. The highest BCUT2D eigenvalue weighted by Crippen LogP contribution is 2.36. The fraction of sp³-hybridized carbons (Fsp3) is 0.552. The first kappa shape index (κ1) is 24.9. The summed E-state index contributed by atoms with van der Waals surface area (Å²) < 4.78 is 12.0. The van der Waals surface area contributed by atoms with Gasteiger partial charge in [-0.3, -0.25) is 9.69 Å². The standard InChI is InChI=1S/C29H39N3O4/c1-35-27-12-11-23(18-28(27)36-26-9-5-6-10-26)31-15-16-32(29(34)21-30-14-13-25(33)20-30)24(19-31)17-22-7-3-2-4-8-22/h2-4,7-8,11-12,18,24-26,33H,5-6,9-10,13-17,19-21H2,1H3. The van der Waals surface area contributed by atoms with Gasteiger partial charge >= 0.3 is 0 Å². The molecule has 2 unspecified atom stereocenters. The molecule has 2 aliphatic heterocycles. The highest BCUT2D eigenvalue weighted by atomic mass is 16.5. The quantitative estimate of drug-likeness (QED) is 0.609. The van der Waals surface area contributed by atoms with Gasteiger partial charge in [-0.05, 0) is 56.2 Å². The Hall–Kier alpha value is -2.77. The summed E-state index contributed by atoms with van der Waals surface area (Å²) in [7, 11) is 1.69. The minimum Gasteiger partial charge on any atom is -0.493 e. The number of likely N-dealkylation sites (tertiary alicyclic amines) is 1. The molecule has 3 aliphatic rings. The summed E-state index contributed by atoms with van der Waals surface area (Å²) in [6, 6.07) is 16.7. The first-order chi connectivity index (χ1) is 17.6. The van der Waals surface area contributed by atoms with Crippen molar-refractivity contribution in [1.29, 1.82) is 0 Å². The minimum atomic E-state index is -0.314. The molecule has 0 bridgehead atoms. The van der Waals surface area contributed by atoms with E-state index in [-0.39, 0.29) is 24.2 Å². The second kappa shape index (κ2) is 11.5. The van der Waals surface area contributed by atoms with E-state index in [4.69, 9.17) is 9.47 Å². The molecule has 0 aromatic heterocycles. The highest BCUT2D eigenvalue weighted by molar-refractivity contribution is 5.79. The van der Waals surface area contributed by atoms with Crippen LogP contribution in [0.4, 0.5) is 5.69 Å². The first-order valence-corrected chi connectivity index (χ1v) is 13.4. The average molecular weight is 494 g/mol. The molecule has 1 saturated carbocycles. The molecular formula is C29H39N3O4. The highest BCUT2D eigenvalue weighted by Gasteiger charge is 2.33. The predicted molar refractivity (Wildman–Crippen MR) is 141 cm³/mol. The zero-order valence-corrected chi connectivity index (χ0v) is 21.3. The van der Waals surface area contributed by atoms with Crippen molar-refractivity contribution in [3.8, 4) is 11.5 Å². The van der Waals surface area contributed by atoms with Gasteiger partial charge in [-0.2, -0.15) is 0 Å². The molecule has 2 heterocycles. The van der Waals surface area contributed by atoms with E-state index in [1.165, 1.54) is 18.4 Å². The number of benzene rings is 2. The second-order valence-corrected chi connectivity index (χ2v) is 10.4.